The first kappa shape index (κ1) is 44.3. The van der Waals surface area contributed by atoms with Crippen molar-refractivity contribution in [2.45, 2.75) is 90.1 Å². The van der Waals surface area contributed by atoms with E-state index >= 15 is 0 Å². The molecule has 0 saturated carbocycles. The fourth-order valence-electron chi connectivity index (χ4n) is 6.04. The molecule has 53 heavy (non-hydrogen) atoms. The molecule has 17 nitrogen and oxygen atoms in total. The van der Waals surface area contributed by atoms with E-state index in [9.17, 15) is 49.8 Å². The van der Waals surface area contributed by atoms with Crippen LogP contribution in [-0.2, 0) is 19.2 Å². The van der Waals surface area contributed by atoms with Gasteiger partial charge >= 0.3 is 0 Å². The summed E-state index contributed by atoms with van der Waals surface area (Å²) in [6.07, 6.45) is 2.59. The molecule has 0 fully saturated rings. The van der Waals surface area contributed by atoms with Crippen LogP contribution in [0.25, 0.3) is 0 Å². The number of carbonyl (C=O) groups is 4. The van der Waals surface area contributed by atoms with E-state index in [-0.39, 0.29) is 86.6 Å². The van der Waals surface area contributed by atoms with E-state index in [1.807, 2.05) is 6.92 Å². The Morgan fingerprint density at radius 3 is 1.64 bits per heavy atom. The number of dihydropyridines is 1. The zero-order valence-corrected chi connectivity index (χ0v) is 31.6. The maximum Gasteiger partial charge on any atom is 0.220 e. The van der Waals surface area contributed by atoms with E-state index in [1.165, 1.54) is 19.1 Å². The summed E-state index contributed by atoms with van der Waals surface area (Å²) < 4.78 is 0. The first-order valence-corrected chi connectivity index (χ1v) is 17.4. The van der Waals surface area contributed by atoms with Gasteiger partial charge in [0.2, 0.25) is 17.7 Å². The number of nitrogens with zero attached hydrogens (tertiary/aromatic N) is 2. The minimum absolute atomic E-state index is 0.00468. The van der Waals surface area contributed by atoms with Gasteiger partial charge in [-0.15, -0.1) is 0 Å². The lowest BCUT2D eigenvalue weighted by atomic mass is 9.83. The van der Waals surface area contributed by atoms with E-state index in [0.717, 1.165) is 5.70 Å². The monoisotopic (exact) mass is 747 g/mol. The average molecular weight is 748 g/mol. The van der Waals surface area contributed by atoms with Crippen molar-refractivity contribution in [3.63, 3.8) is 0 Å². The number of hydrogen-bond donors (Lipinski definition) is 11. The van der Waals surface area contributed by atoms with Gasteiger partial charge in [0.15, 0.2) is 0 Å². The molecule has 3 atom stereocenters. The lowest BCUT2D eigenvalue weighted by Gasteiger charge is -2.35. The highest BCUT2D eigenvalue weighted by molar-refractivity contribution is 5.78. The van der Waals surface area contributed by atoms with Gasteiger partial charge in [-0.1, -0.05) is 0 Å². The van der Waals surface area contributed by atoms with E-state index in [0.29, 0.717) is 41.3 Å². The molecular weight excluding hydrogens is 690 g/mol. The number of aliphatic hydroxyl groups is 6. The van der Waals surface area contributed by atoms with Crippen molar-refractivity contribution in [2.75, 3.05) is 40.8 Å². The molecule has 296 valence electrons. The summed E-state index contributed by atoms with van der Waals surface area (Å²) >= 11 is 0. The van der Waals surface area contributed by atoms with Gasteiger partial charge in [0.25, 0.3) is 0 Å². The maximum absolute atomic E-state index is 12.8. The molecule has 3 heterocycles. The lowest BCUT2D eigenvalue weighted by Crippen LogP contribution is -2.49. The Labute approximate surface area is 310 Å². The SMILES string of the molecule is CC(=O)NC(CCC=O)(CCC(=O)NCC1=C(O)C(O)C=C(C)N1C)CCC(=O)NCC1=C(O)C(O)C=C(C)N1C.CNCC1=C(O)C(O)C=C(C)N1. The van der Waals surface area contributed by atoms with Gasteiger partial charge in [-0.25, -0.2) is 0 Å². The first-order chi connectivity index (χ1) is 24.9. The van der Waals surface area contributed by atoms with Crippen molar-refractivity contribution in [1.82, 2.24) is 36.4 Å². The van der Waals surface area contributed by atoms with Crippen molar-refractivity contribution in [3.8, 4) is 0 Å². The number of nitrogens with one attached hydrogen (secondary N) is 5. The zero-order chi connectivity index (χ0) is 40.0. The van der Waals surface area contributed by atoms with Gasteiger partial charge in [0.05, 0.1) is 30.2 Å². The molecule has 0 aromatic heterocycles. The van der Waals surface area contributed by atoms with E-state index < -0.39 is 23.9 Å². The molecule has 0 bridgehead atoms. The summed E-state index contributed by atoms with van der Waals surface area (Å²) in [6, 6.07) is 0. The summed E-state index contributed by atoms with van der Waals surface area (Å²) in [6.45, 7) is 7.13. The van der Waals surface area contributed by atoms with Crippen molar-refractivity contribution >= 4 is 24.0 Å². The lowest BCUT2D eigenvalue weighted by molar-refractivity contribution is -0.125. The molecule has 0 aromatic rings. The van der Waals surface area contributed by atoms with Gasteiger partial charge in [-0.05, 0) is 65.3 Å². The highest BCUT2D eigenvalue weighted by atomic mass is 16.3. The fraction of sp³-hybridized carbons (Fsp3) is 0.556. The highest BCUT2D eigenvalue weighted by Gasteiger charge is 2.33. The number of aliphatic hydroxyl groups excluding tert-OH is 6. The fourth-order valence-corrected chi connectivity index (χ4v) is 6.04. The van der Waals surface area contributed by atoms with E-state index in [2.05, 4.69) is 26.6 Å². The van der Waals surface area contributed by atoms with Crippen LogP contribution in [0.2, 0.25) is 0 Å². The Morgan fingerprint density at radius 2 is 1.23 bits per heavy atom. The molecule has 11 N–H and O–H groups in total. The van der Waals surface area contributed by atoms with Crippen LogP contribution in [0, 0.1) is 0 Å². The Balaban J connectivity index is 0.000000683. The van der Waals surface area contributed by atoms with Crippen LogP contribution in [0.4, 0.5) is 0 Å². The van der Waals surface area contributed by atoms with Crippen molar-refractivity contribution in [1.29, 1.82) is 0 Å². The first-order valence-electron chi connectivity index (χ1n) is 17.4. The van der Waals surface area contributed by atoms with Crippen LogP contribution in [0.3, 0.4) is 0 Å². The molecule has 0 spiro atoms. The number of amides is 3. The number of likely N-dealkylation sites (N-methyl/N-ethyl adjacent to an activating group) is 3. The quantitative estimate of drug-likeness (QED) is 0.0959. The highest BCUT2D eigenvalue weighted by Crippen LogP contribution is 2.27. The van der Waals surface area contributed by atoms with E-state index in [4.69, 9.17) is 0 Å². The number of hydrogen-bond acceptors (Lipinski definition) is 14. The van der Waals surface area contributed by atoms with Crippen LogP contribution >= 0.6 is 0 Å². The van der Waals surface area contributed by atoms with Crippen LogP contribution < -0.4 is 26.6 Å². The second kappa shape index (κ2) is 20.4. The van der Waals surface area contributed by atoms with Crippen LogP contribution in [-0.4, -0.2) is 129 Å². The summed E-state index contributed by atoms with van der Waals surface area (Å²) in [4.78, 5) is 52.2. The summed E-state index contributed by atoms with van der Waals surface area (Å²) in [5, 5.41) is 73.2. The molecule has 3 aliphatic rings. The molecule has 3 aliphatic heterocycles. The smallest absolute Gasteiger partial charge is 0.220 e. The normalized spacial score (nSPS) is 21.3. The molecule has 0 aromatic carbocycles. The molecule has 0 aliphatic carbocycles. The standard InChI is InChI=1S/C28H43N5O8.C8H14N2O2/c1-17-13-22(36)26(40)20(32(17)4)15-29-24(38)7-10-28(9-6-12-34,31-19(3)35)11-8-25(39)30-16-21-27(41)23(37)14-18(2)33(21)5;1-5-3-7(11)8(12)6(10-5)4-9-2/h12-14,22-23,36-37,40-41H,6-11,15-16H2,1-5H3,(H,29,38)(H,30,39)(H,31,35);3,7,9-12H,4H2,1-2H3. The van der Waals surface area contributed by atoms with Gasteiger partial charge in [-0.3, -0.25) is 14.4 Å². The zero-order valence-electron chi connectivity index (χ0n) is 31.6. The Kier molecular flexibility index (Phi) is 17.1. The second-order valence-corrected chi connectivity index (χ2v) is 13.3. The molecule has 3 unspecified atom stereocenters. The molecule has 0 radical (unpaired) electrons. The van der Waals surface area contributed by atoms with Crippen LogP contribution in [0.15, 0.2) is 69.7 Å². The second-order valence-electron chi connectivity index (χ2n) is 13.3. The molecule has 3 amide bonds. The van der Waals surface area contributed by atoms with Gasteiger partial charge in [0.1, 0.15) is 41.9 Å². The van der Waals surface area contributed by atoms with Gasteiger partial charge in [-0.2, -0.15) is 0 Å². The van der Waals surface area contributed by atoms with Crippen molar-refractivity contribution in [3.05, 3.63) is 69.7 Å². The van der Waals surface area contributed by atoms with E-state index in [1.54, 1.807) is 50.9 Å². The summed E-state index contributed by atoms with van der Waals surface area (Å²) in [5.74, 6) is -1.65. The largest absolute Gasteiger partial charge is 0.507 e. The number of rotatable bonds is 16. The van der Waals surface area contributed by atoms with Crippen LogP contribution in [0.1, 0.15) is 66.2 Å². The maximum atomic E-state index is 12.8. The Morgan fingerprint density at radius 1 is 0.774 bits per heavy atom. The minimum Gasteiger partial charge on any atom is -0.507 e. The molecule has 0 saturated heterocycles. The number of aldehydes is 1. The minimum atomic E-state index is -1.16. The van der Waals surface area contributed by atoms with Gasteiger partial charge < -0.3 is 71.8 Å². The average Bonchev–Trinajstić information content (AvgIpc) is 3.09. The van der Waals surface area contributed by atoms with Crippen LogP contribution in [0.5, 0.6) is 0 Å². The van der Waals surface area contributed by atoms with Gasteiger partial charge in [0, 0.05) is 69.5 Å². The summed E-state index contributed by atoms with van der Waals surface area (Å²) in [5.41, 5.74) is 2.58. The third-order valence-corrected chi connectivity index (χ3v) is 9.27. The summed E-state index contributed by atoms with van der Waals surface area (Å²) in [7, 11) is 5.18. The third-order valence-electron chi connectivity index (χ3n) is 9.27. The number of allylic oxidation sites excluding steroid dienone is 3. The predicted molar refractivity (Wildman–Crippen MR) is 197 cm³/mol. The van der Waals surface area contributed by atoms with Crippen molar-refractivity contribution in [2.24, 2.45) is 0 Å². The molecule has 3 rings (SSSR count). The van der Waals surface area contributed by atoms with Crippen molar-refractivity contribution < 1.29 is 49.8 Å². The molecular formula is C36H57N7O10. The third kappa shape index (κ3) is 13.0. The topological polar surface area (TPSA) is 256 Å². The Bertz CT molecular complexity index is 1480. The Hall–Kier alpha value is -4.84. The molecule has 17 heteroatoms. The number of carbonyl (C=O) groups excluding carboxylic acids is 4. The predicted octanol–water partition coefficient (Wildman–Crippen LogP) is 0.436.